The van der Waals surface area contributed by atoms with E-state index in [1.165, 1.54) is 0 Å². The van der Waals surface area contributed by atoms with Crippen molar-refractivity contribution in [1.82, 2.24) is 5.32 Å². The number of hydrogen-bond acceptors (Lipinski definition) is 5. The monoisotopic (exact) mass is 387 g/mol. The SMILES string of the molecule is CCNC(=NCc1ccc(OCC)c(OC)c1)Nc1ccc(OC)c(OC)c1. The van der Waals surface area contributed by atoms with Gasteiger partial charge in [0.15, 0.2) is 29.0 Å². The molecule has 7 heteroatoms. The summed E-state index contributed by atoms with van der Waals surface area (Å²) in [6.07, 6.45) is 0. The van der Waals surface area contributed by atoms with Crippen molar-refractivity contribution in [2.45, 2.75) is 20.4 Å². The minimum Gasteiger partial charge on any atom is -0.493 e. The van der Waals surface area contributed by atoms with Crippen molar-refractivity contribution in [3.8, 4) is 23.0 Å². The first-order valence-electron chi connectivity index (χ1n) is 9.22. The Balaban J connectivity index is 2.16. The molecule has 0 amide bonds. The predicted octanol–water partition coefficient (Wildman–Crippen LogP) is 3.69. The highest BCUT2D eigenvalue weighted by molar-refractivity contribution is 5.93. The van der Waals surface area contributed by atoms with E-state index >= 15 is 0 Å². The van der Waals surface area contributed by atoms with Gasteiger partial charge in [-0.15, -0.1) is 0 Å². The Labute approximate surface area is 166 Å². The number of hydrogen-bond donors (Lipinski definition) is 2. The number of nitrogens with one attached hydrogen (secondary N) is 2. The van der Waals surface area contributed by atoms with Crippen molar-refractivity contribution in [2.24, 2.45) is 4.99 Å². The lowest BCUT2D eigenvalue weighted by molar-refractivity contribution is 0.310. The average Bonchev–Trinajstić information content (AvgIpc) is 2.73. The third-order valence-corrected chi connectivity index (χ3v) is 3.94. The zero-order chi connectivity index (χ0) is 20.4. The molecule has 0 aliphatic heterocycles. The maximum absolute atomic E-state index is 5.56. The van der Waals surface area contributed by atoms with Crippen LogP contribution in [0.5, 0.6) is 23.0 Å². The molecule has 2 aromatic rings. The number of benzene rings is 2. The molecular formula is C21H29N3O4. The molecule has 152 valence electrons. The van der Waals surface area contributed by atoms with Crippen LogP contribution in [0.2, 0.25) is 0 Å². The molecular weight excluding hydrogens is 358 g/mol. The summed E-state index contributed by atoms with van der Waals surface area (Å²) in [5.74, 6) is 3.43. The lowest BCUT2D eigenvalue weighted by Gasteiger charge is -2.14. The molecule has 0 bridgehead atoms. The van der Waals surface area contributed by atoms with Gasteiger partial charge in [-0.2, -0.15) is 0 Å². The Bertz CT molecular complexity index is 793. The van der Waals surface area contributed by atoms with Crippen molar-refractivity contribution in [3.63, 3.8) is 0 Å². The molecule has 0 fully saturated rings. The van der Waals surface area contributed by atoms with Crippen molar-refractivity contribution < 1.29 is 18.9 Å². The summed E-state index contributed by atoms with van der Waals surface area (Å²) in [7, 11) is 4.86. The number of nitrogens with zero attached hydrogens (tertiary/aromatic N) is 1. The molecule has 0 saturated carbocycles. The second-order valence-corrected chi connectivity index (χ2v) is 5.81. The second-order valence-electron chi connectivity index (χ2n) is 5.81. The minimum atomic E-state index is 0.491. The zero-order valence-corrected chi connectivity index (χ0v) is 17.2. The van der Waals surface area contributed by atoms with Gasteiger partial charge in [-0.1, -0.05) is 6.07 Å². The van der Waals surface area contributed by atoms with Crippen molar-refractivity contribution in [1.29, 1.82) is 0 Å². The number of anilines is 1. The van der Waals surface area contributed by atoms with Gasteiger partial charge < -0.3 is 29.6 Å². The molecule has 0 unspecified atom stereocenters. The topological polar surface area (TPSA) is 73.3 Å². The second kappa shape index (κ2) is 10.9. The summed E-state index contributed by atoms with van der Waals surface area (Å²) < 4.78 is 21.6. The number of aliphatic imine (C=N–C) groups is 1. The van der Waals surface area contributed by atoms with E-state index in [4.69, 9.17) is 18.9 Å². The molecule has 2 aromatic carbocycles. The number of guanidine groups is 1. The molecule has 2 N–H and O–H groups in total. The molecule has 0 spiro atoms. The van der Waals surface area contributed by atoms with Gasteiger partial charge in [0.1, 0.15) is 0 Å². The van der Waals surface area contributed by atoms with E-state index < -0.39 is 0 Å². The Kier molecular flexibility index (Phi) is 8.27. The third-order valence-electron chi connectivity index (χ3n) is 3.94. The Morgan fingerprint density at radius 3 is 2.18 bits per heavy atom. The van der Waals surface area contributed by atoms with E-state index in [2.05, 4.69) is 15.6 Å². The average molecular weight is 387 g/mol. The Morgan fingerprint density at radius 2 is 1.54 bits per heavy atom. The molecule has 0 atom stereocenters. The fourth-order valence-corrected chi connectivity index (χ4v) is 2.61. The number of rotatable bonds is 9. The highest BCUT2D eigenvalue weighted by Gasteiger charge is 2.08. The molecule has 7 nitrogen and oxygen atoms in total. The van der Waals surface area contributed by atoms with Gasteiger partial charge in [-0.3, -0.25) is 0 Å². The quantitative estimate of drug-likeness (QED) is 0.505. The van der Waals surface area contributed by atoms with E-state index in [9.17, 15) is 0 Å². The standard InChI is InChI=1S/C21H29N3O4/c1-6-22-21(24-16-9-11-17(25-3)20(13-16)27-5)23-14-15-8-10-18(28-7-2)19(12-15)26-4/h8-13H,6-7,14H2,1-5H3,(H2,22,23,24). The zero-order valence-electron chi connectivity index (χ0n) is 17.2. The van der Waals surface area contributed by atoms with E-state index in [1.54, 1.807) is 21.3 Å². The Hall–Kier alpha value is -3.09. The predicted molar refractivity (Wildman–Crippen MR) is 112 cm³/mol. The lowest BCUT2D eigenvalue weighted by Crippen LogP contribution is -2.30. The number of methoxy groups -OCH3 is 3. The smallest absolute Gasteiger partial charge is 0.196 e. The highest BCUT2D eigenvalue weighted by Crippen LogP contribution is 2.30. The van der Waals surface area contributed by atoms with E-state index in [-0.39, 0.29) is 0 Å². The van der Waals surface area contributed by atoms with Crippen LogP contribution in [-0.4, -0.2) is 40.4 Å². The molecule has 0 heterocycles. The van der Waals surface area contributed by atoms with Crippen LogP contribution in [0, 0.1) is 0 Å². The first-order valence-corrected chi connectivity index (χ1v) is 9.22. The van der Waals surface area contributed by atoms with E-state index in [1.807, 2.05) is 50.2 Å². The van der Waals surface area contributed by atoms with E-state index in [0.29, 0.717) is 36.4 Å². The summed E-state index contributed by atoms with van der Waals surface area (Å²) in [6, 6.07) is 11.5. The van der Waals surface area contributed by atoms with Gasteiger partial charge in [-0.25, -0.2) is 4.99 Å². The number of ether oxygens (including phenoxy) is 4. The van der Waals surface area contributed by atoms with Crippen LogP contribution < -0.4 is 29.6 Å². The first-order chi connectivity index (χ1) is 13.6. The van der Waals surface area contributed by atoms with Crippen LogP contribution in [0.3, 0.4) is 0 Å². The fraction of sp³-hybridized carbons (Fsp3) is 0.381. The van der Waals surface area contributed by atoms with Gasteiger partial charge in [0.2, 0.25) is 0 Å². The summed E-state index contributed by atoms with van der Waals surface area (Å²) in [5, 5.41) is 6.52. The van der Waals surface area contributed by atoms with Gasteiger partial charge in [0, 0.05) is 18.3 Å². The van der Waals surface area contributed by atoms with Crippen LogP contribution in [0.25, 0.3) is 0 Å². The highest BCUT2D eigenvalue weighted by atomic mass is 16.5. The minimum absolute atomic E-state index is 0.491. The van der Waals surface area contributed by atoms with Gasteiger partial charge in [0.25, 0.3) is 0 Å². The Morgan fingerprint density at radius 1 is 0.857 bits per heavy atom. The summed E-state index contributed by atoms with van der Waals surface area (Å²) in [5.41, 5.74) is 1.87. The maximum atomic E-state index is 5.56. The summed E-state index contributed by atoms with van der Waals surface area (Å²) in [6.45, 7) is 5.79. The van der Waals surface area contributed by atoms with E-state index in [0.717, 1.165) is 23.5 Å². The molecule has 0 aliphatic carbocycles. The fourth-order valence-electron chi connectivity index (χ4n) is 2.61. The van der Waals surface area contributed by atoms with Gasteiger partial charge in [-0.05, 0) is 43.7 Å². The van der Waals surface area contributed by atoms with Crippen LogP contribution >= 0.6 is 0 Å². The first kappa shape index (κ1) is 21.2. The van der Waals surface area contributed by atoms with Crippen LogP contribution in [-0.2, 0) is 6.54 Å². The van der Waals surface area contributed by atoms with Gasteiger partial charge >= 0.3 is 0 Å². The lowest BCUT2D eigenvalue weighted by atomic mass is 10.2. The van der Waals surface area contributed by atoms with Crippen LogP contribution in [0.1, 0.15) is 19.4 Å². The van der Waals surface area contributed by atoms with Crippen molar-refractivity contribution in [3.05, 3.63) is 42.0 Å². The van der Waals surface area contributed by atoms with Gasteiger partial charge in [0.05, 0.1) is 34.5 Å². The van der Waals surface area contributed by atoms with Crippen molar-refractivity contribution >= 4 is 11.6 Å². The van der Waals surface area contributed by atoms with Crippen molar-refractivity contribution in [2.75, 3.05) is 39.8 Å². The molecule has 0 aliphatic rings. The maximum Gasteiger partial charge on any atom is 0.196 e. The third kappa shape index (κ3) is 5.70. The molecule has 2 rings (SSSR count). The normalized spacial score (nSPS) is 11.0. The van der Waals surface area contributed by atoms with Crippen LogP contribution in [0.15, 0.2) is 41.4 Å². The molecule has 0 aromatic heterocycles. The largest absolute Gasteiger partial charge is 0.493 e. The summed E-state index contributed by atoms with van der Waals surface area (Å²) >= 11 is 0. The summed E-state index contributed by atoms with van der Waals surface area (Å²) in [4.78, 5) is 4.65. The molecule has 0 radical (unpaired) electrons. The molecule has 0 saturated heterocycles. The van der Waals surface area contributed by atoms with Crippen LogP contribution in [0.4, 0.5) is 5.69 Å². The molecule has 28 heavy (non-hydrogen) atoms.